The maximum Gasteiger partial charge on any atom is 0.259 e. The fourth-order valence-corrected chi connectivity index (χ4v) is 2.00. The van der Waals surface area contributed by atoms with Crippen LogP contribution in [0.4, 0.5) is 0 Å². The molecule has 5 nitrogen and oxygen atoms in total. The van der Waals surface area contributed by atoms with Gasteiger partial charge in [-0.05, 0) is 19.1 Å². The van der Waals surface area contributed by atoms with E-state index in [1.807, 2.05) is 6.07 Å². The van der Waals surface area contributed by atoms with E-state index in [-0.39, 0.29) is 5.56 Å². The summed E-state index contributed by atoms with van der Waals surface area (Å²) < 4.78 is 1.59. The average Bonchev–Trinajstić information content (AvgIpc) is 2.66. The molecule has 84 valence electrons. The lowest BCUT2D eigenvalue weighted by Crippen LogP contribution is -2.10. The van der Waals surface area contributed by atoms with Gasteiger partial charge in [-0.15, -0.1) is 0 Å². The highest BCUT2D eigenvalue weighted by Crippen LogP contribution is 2.15. The van der Waals surface area contributed by atoms with Gasteiger partial charge in [0.15, 0.2) is 6.29 Å². The van der Waals surface area contributed by atoms with Crippen molar-refractivity contribution in [3.63, 3.8) is 0 Å². The number of hydrogen-bond donors (Lipinski definition) is 1. The first kappa shape index (κ1) is 9.77. The first-order chi connectivity index (χ1) is 8.22. The van der Waals surface area contributed by atoms with Crippen LogP contribution in [0.25, 0.3) is 16.6 Å². The second-order valence-corrected chi connectivity index (χ2v) is 3.85. The van der Waals surface area contributed by atoms with Gasteiger partial charge in [0.05, 0.1) is 22.2 Å². The number of nitrogens with zero attached hydrogens (tertiary/aromatic N) is 2. The van der Waals surface area contributed by atoms with Crippen LogP contribution in [0.2, 0.25) is 0 Å². The fraction of sp³-hybridized carbons (Fsp3) is 0.0833. The SMILES string of the molecule is Cc1nn2c([nH]c(=O)c3ccccc32)c1C=O. The predicted molar refractivity (Wildman–Crippen MR) is 63.4 cm³/mol. The fourth-order valence-electron chi connectivity index (χ4n) is 2.00. The molecule has 0 aliphatic carbocycles. The van der Waals surface area contributed by atoms with E-state index in [0.29, 0.717) is 34.1 Å². The summed E-state index contributed by atoms with van der Waals surface area (Å²) in [5, 5.41) is 4.82. The van der Waals surface area contributed by atoms with Crippen molar-refractivity contribution in [2.45, 2.75) is 6.92 Å². The number of hydrogen-bond acceptors (Lipinski definition) is 3. The van der Waals surface area contributed by atoms with E-state index in [9.17, 15) is 9.59 Å². The summed E-state index contributed by atoms with van der Waals surface area (Å²) in [5.41, 5.74) is 1.96. The van der Waals surface area contributed by atoms with E-state index in [1.54, 1.807) is 29.6 Å². The molecule has 1 aromatic carbocycles. The molecule has 2 aromatic heterocycles. The lowest BCUT2D eigenvalue weighted by atomic mass is 10.2. The normalized spacial score (nSPS) is 11.1. The number of H-pyrrole nitrogens is 1. The number of rotatable bonds is 1. The number of aromatic nitrogens is 3. The quantitative estimate of drug-likeness (QED) is 0.637. The van der Waals surface area contributed by atoms with Crippen LogP contribution >= 0.6 is 0 Å². The number of aryl methyl sites for hydroxylation is 1. The molecular weight excluding hydrogens is 218 g/mol. The minimum Gasteiger partial charge on any atom is -0.306 e. The molecule has 0 saturated heterocycles. The van der Waals surface area contributed by atoms with Gasteiger partial charge in [0.1, 0.15) is 5.65 Å². The largest absolute Gasteiger partial charge is 0.306 e. The number of carbonyl (C=O) groups excluding carboxylic acids is 1. The summed E-state index contributed by atoms with van der Waals surface area (Å²) in [6, 6.07) is 7.16. The molecule has 0 bridgehead atoms. The van der Waals surface area contributed by atoms with Crippen molar-refractivity contribution in [2.24, 2.45) is 0 Å². The van der Waals surface area contributed by atoms with Crippen LogP contribution in [-0.2, 0) is 0 Å². The highest BCUT2D eigenvalue weighted by Gasteiger charge is 2.12. The number of nitrogens with one attached hydrogen (secondary N) is 1. The Kier molecular flexibility index (Phi) is 1.89. The molecule has 17 heavy (non-hydrogen) atoms. The highest BCUT2D eigenvalue weighted by molar-refractivity contribution is 5.89. The van der Waals surface area contributed by atoms with Crippen LogP contribution in [0.3, 0.4) is 0 Å². The summed E-state index contributed by atoms with van der Waals surface area (Å²) in [7, 11) is 0. The third-order valence-corrected chi connectivity index (χ3v) is 2.83. The Bertz CT molecular complexity index is 798. The van der Waals surface area contributed by atoms with Gasteiger partial charge in [0.25, 0.3) is 5.56 Å². The topological polar surface area (TPSA) is 67.2 Å². The van der Waals surface area contributed by atoms with Gasteiger partial charge in [-0.3, -0.25) is 9.59 Å². The van der Waals surface area contributed by atoms with Gasteiger partial charge in [-0.1, -0.05) is 12.1 Å². The molecule has 0 aliphatic rings. The summed E-state index contributed by atoms with van der Waals surface area (Å²) in [6.07, 6.45) is 0.711. The first-order valence-electron chi connectivity index (χ1n) is 5.18. The molecule has 0 saturated carbocycles. The van der Waals surface area contributed by atoms with E-state index >= 15 is 0 Å². The summed E-state index contributed by atoms with van der Waals surface area (Å²) in [4.78, 5) is 25.5. The molecule has 0 unspecified atom stereocenters. The second kappa shape index (κ2) is 3.28. The minimum atomic E-state index is -0.212. The van der Waals surface area contributed by atoms with Gasteiger partial charge in [-0.25, -0.2) is 4.52 Å². The Labute approximate surface area is 95.7 Å². The van der Waals surface area contributed by atoms with Crippen molar-refractivity contribution in [3.8, 4) is 0 Å². The molecule has 0 radical (unpaired) electrons. The number of fused-ring (bicyclic) bond motifs is 3. The Hall–Kier alpha value is -2.43. The monoisotopic (exact) mass is 227 g/mol. The minimum absolute atomic E-state index is 0.212. The van der Waals surface area contributed by atoms with Crippen molar-refractivity contribution in [3.05, 3.63) is 45.9 Å². The van der Waals surface area contributed by atoms with Crippen molar-refractivity contribution in [1.82, 2.24) is 14.6 Å². The van der Waals surface area contributed by atoms with Gasteiger partial charge < -0.3 is 4.98 Å². The van der Waals surface area contributed by atoms with E-state index < -0.39 is 0 Å². The average molecular weight is 227 g/mol. The second-order valence-electron chi connectivity index (χ2n) is 3.85. The zero-order chi connectivity index (χ0) is 12.0. The highest BCUT2D eigenvalue weighted by atomic mass is 16.1. The lowest BCUT2D eigenvalue weighted by Gasteiger charge is -2.00. The lowest BCUT2D eigenvalue weighted by molar-refractivity contribution is 0.112. The summed E-state index contributed by atoms with van der Waals surface area (Å²) in [6.45, 7) is 1.74. The third kappa shape index (κ3) is 1.22. The van der Waals surface area contributed by atoms with Crippen LogP contribution in [-0.4, -0.2) is 20.9 Å². The maximum atomic E-state index is 11.9. The number of para-hydroxylation sites is 1. The van der Waals surface area contributed by atoms with Crippen molar-refractivity contribution < 1.29 is 4.79 Å². The number of aromatic amines is 1. The molecule has 0 aliphatic heterocycles. The molecule has 0 amide bonds. The van der Waals surface area contributed by atoms with Crippen LogP contribution < -0.4 is 5.56 Å². The molecule has 3 aromatic rings. The molecule has 1 N–H and O–H groups in total. The van der Waals surface area contributed by atoms with Gasteiger partial charge in [-0.2, -0.15) is 5.10 Å². The summed E-state index contributed by atoms with van der Waals surface area (Å²) >= 11 is 0. The van der Waals surface area contributed by atoms with Crippen molar-refractivity contribution in [2.75, 3.05) is 0 Å². The van der Waals surface area contributed by atoms with Crippen LogP contribution in [0.15, 0.2) is 29.1 Å². The van der Waals surface area contributed by atoms with E-state index in [1.165, 1.54) is 0 Å². The number of aldehydes is 1. The Morgan fingerprint density at radius 3 is 2.88 bits per heavy atom. The van der Waals surface area contributed by atoms with Gasteiger partial charge >= 0.3 is 0 Å². The third-order valence-electron chi connectivity index (χ3n) is 2.83. The van der Waals surface area contributed by atoms with Gasteiger partial charge in [0.2, 0.25) is 0 Å². The smallest absolute Gasteiger partial charge is 0.259 e. The zero-order valence-corrected chi connectivity index (χ0v) is 9.10. The van der Waals surface area contributed by atoms with Crippen LogP contribution in [0.5, 0.6) is 0 Å². The van der Waals surface area contributed by atoms with E-state index in [2.05, 4.69) is 10.1 Å². The van der Waals surface area contributed by atoms with Crippen molar-refractivity contribution >= 4 is 22.8 Å². The molecule has 0 fully saturated rings. The predicted octanol–water partition coefficient (Wildman–Crippen LogP) is 1.30. The molecule has 5 heteroatoms. The molecule has 3 rings (SSSR count). The standard InChI is InChI=1S/C12H9N3O2/c1-7-9(6-16)11-13-12(17)8-4-2-3-5-10(8)15(11)14-7/h2-6H,1H3,(H,13,17). The summed E-state index contributed by atoms with van der Waals surface area (Å²) in [5.74, 6) is 0. The van der Waals surface area contributed by atoms with Crippen LogP contribution in [0, 0.1) is 6.92 Å². The number of carbonyl (C=O) groups is 1. The van der Waals surface area contributed by atoms with Crippen molar-refractivity contribution in [1.29, 1.82) is 0 Å². The van der Waals surface area contributed by atoms with Gasteiger partial charge in [0, 0.05) is 0 Å². The molecule has 2 heterocycles. The van der Waals surface area contributed by atoms with Crippen LogP contribution in [0.1, 0.15) is 16.1 Å². The Balaban J connectivity index is 2.67. The van der Waals surface area contributed by atoms with E-state index in [0.717, 1.165) is 0 Å². The number of benzene rings is 1. The maximum absolute atomic E-state index is 11.9. The molecule has 0 spiro atoms. The molecular formula is C12H9N3O2. The first-order valence-corrected chi connectivity index (χ1v) is 5.18. The zero-order valence-electron chi connectivity index (χ0n) is 9.10. The molecule has 0 atom stereocenters. The Morgan fingerprint density at radius 2 is 2.12 bits per heavy atom. The van der Waals surface area contributed by atoms with E-state index in [4.69, 9.17) is 0 Å². The Morgan fingerprint density at radius 1 is 1.35 bits per heavy atom.